The highest BCUT2D eigenvalue weighted by molar-refractivity contribution is 5.81. The summed E-state index contributed by atoms with van der Waals surface area (Å²) >= 11 is 0. The fraction of sp³-hybridized carbons (Fsp3) is 0.308. The SMILES string of the molecule is COC(=O)NCCc1ccc2[nH]c(C)cc2c1. The maximum Gasteiger partial charge on any atom is 0.406 e. The Morgan fingerprint density at radius 1 is 1.41 bits per heavy atom. The number of hydrogen-bond donors (Lipinski definition) is 2. The van der Waals surface area contributed by atoms with E-state index in [1.807, 2.05) is 6.92 Å². The average molecular weight is 232 g/mol. The fourth-order valence-electron chi connectivity index (χ4n) is 1.86. The van der Waals surface area contributed by atoms with Gasteiger partial charge in [0.25, 0.3) is 0 Å². The Labute approximate surface area is 100.0 Å². The molecular formula is C13H16N2O2. The summed E-state index contributed by atoms with van der Waals surface area (Å²) in [5, 5.41) is 3.87. The quantitative estimate of drug-likeness (QED) is 0.853. The van der Waals surface area contributed by atoms with Gasteiger partial charge in [0.1, 0.15) is 0 Å². The largest absolute Gasteiger partial charge is 0.453 e. The number of nitrogens with one attached hydrogen (secondary N) is 2. The van der Waals surface area contributed by atoms with Gasteiger partial charge in [0, 0.05) is 17.8 Å². The summed E-state index contributed by atoms with van der Waals surface area (Å²) in [7, 11) is 1.37. The summed E-state index contributed by atoms with van der Waals surface area (Å²) in [6.45, 7) is 2.63. The van der Waals surface area contributed by atoms with Gasteiger partial charge in [0.2, 0.25) is 0 Å². The minimum absolute atomic E-state index is 0.386. The average Bonchev–Trinajstić information content (AvgIpc) is 2.68. The molecule has 0 saturated carbocycles. The maximum absolute atomic E-state index is 10.9. The molecule has 0 radical (unpaired) electrons. The molecule has 0 aliphatic rings. The predicted molar refractivity (Wildman–Crippen MR) is 67.1 cm³/mol. The van der Waals surface area contributed by atoms with Crippen molar-refractivity contribution in [3.63, 3.8) is 0 Å². The van der Waals surface area contributed by atoms with Crippen LogP contribution in [-0.2, 0) is 11.2 Å². The Bertz CT molecular complexity index is 531. The molecule has 0 bridgehead atoms. The molecular weight excluding hydrogens is 216 g/mol. The first-order chi connectivity index (χ1) is 8.19. The van der Waals surface area contributed by atoms with Gasteiger partial charge in [0.05, 0.1) is 7.11 Å². The van der Waals surface area contributed by atoms with Gasteiger partial charge < -0.3 is 15.0 Å². The van der Waals surface area contributed by atoms with E-state index in [1.165, 1.54) is 18.1 Å². The van der Waals surface area contributed by atoms with E-state index < -0.39 is 0 Å². The molecule has 2 aromatic rings. The van der Waals surface area contributed by atoms with Crippen LogP contribution in [0.4, 0.5) is 4.79 Å². The monoisotopic (exact) mass is 232 g/mol. The summed E-state index contributed by atoms with van der Waals surface area (Å²) in [5.74, 6) is 0. The Hall–Kier alpha value is -1.97. The second kappa shape index (κ2) is 4.91. The molecule has 0 atom stereocenters. The molecule has 0 saturated heterocycles. The third kappa shape index (κ3) is 2.78. The number of methoxy groups -OCH3 is 1. The molecule has 0 fully saturated rings. The lowest BCUT2D eigenvalue weighted by Gasteiger charge is -2.03. The van der Waals surface area contributed by atoms with Crippen LogP contribution in [0.25, 0.3) is 10.9 Å². The Morgan fingerprint density at radius 2 is 2.24 bits per heavy atom. The van der Waals surface area contributed by atoms with Crippen molar-refractivity contribution in [2.24, 2.45) is 0 Å². The van der Waals surface area contributed by atoms with Gasteiger partial charge in [-0.25, -0.2) is 4.79 Å². The van der Waals surface area contributed by atoms with E-state index in [1.54, 1.807) is 0 Å². The topological polar surface area (TPSA) is 54.1 Å². The molecule has 0 spiro atoms. The summed E-state index contributed by atoms with van der Waals surface area (Å²) in [4.78, 5) is 14.2. The molecule has 1 aromatic carbocycles. The zero-order valence-corrected chi connectivity index (χ0v) is 10.0. The number of benzene rings is 1. The van der Waals surface area contributed by atoms with Gasteiger partial charge in [-0.2, -0.15) is 0 Å². The normalized spacial score (nSPS) is 10.5. The number of rotatable bonds is 3. The van der Waals surface area contributed by atoms with Crippen LogP contribution in [0.3, 0.4) is 0 Å². The maximum atomic E-state index is 10.9. The Morgan fingerprint density at radius 3 is 3.00 bits per heavy atom. The van der Waals surface area contributed by atoms with E-state index in [9.17, 15) is 4.79 Å². The minimum Gasteiger partial charge on any atom is -0.453 e. The van der Waals surface area contributed by atoms with Gasteiger partial charge in [-0.3, -0.25) is 0 Å². The summed E-state index contributed by atoms with van der Waals surface area (Å²) in [5.41, 5.74) is 3.50. The summed E-state index contributed by atoms with van der Waals surface area (Å²) in [6, 6.07) is 8.39. The van der Waals surface area contributed by atoms with Crippen molar-refractivity contribution in [1.29, 1.82) is 0 Å². The van der Waals surface area contributed by atoms with Gasteiger partial charge in [-0.05, 0) is 42.5 Å². The molecule has 90 valence electrons. The van der Waals surface area contributed by atoms with Crippen LogP contribution in [0.2, 0.25) is 0 Å². The van der Waals surface area contributed by atoms with Crippen molar-refractivity contribution in [1.82, 2.24) is 10.3 Å². The van der Waals surface area contributed by atoms with Crippen LogP contribution in [0.5, 0.6) is 0 Å². The van der Waals surface area contributed by atoms with Gasteiger partial charge in [-0.15, -0.1) is 0 Å². The van der Waals surface area contributed by atoms with Gasteiger partial charge in [0.15, 0.2) is 0 Å². The second-order valence-corrected chi connectivity index (χ2v) is 4.04. The van der Waals surface area contributed by atoms with Crippen molar-refractivity contribution >= 4 is 17.0 Å². The van der Waals surface area contributed by atoms with E-state index in [0.717, 1.165) is 17.6 Å². The highest BCUT2D eigenvalue weighted by atomic mass is 16.5. The summed E-state index contributed by atoms with van der Waals surface area (Å²) < 4.78 is 4.51. The number of aromatic amines is 1. The predicted octanol–water partition coefficient (Wildman–Crippen LogP) is 2.37. The number of amides is 1. The van der Waals surface area contributed by atoms with Crippen molar-refractivity contribution in [3.8, 4) is 0 Å². The van der Waals surface area contributed by atoms with E-state index in [4.69, 9.17) is 0 Å². The lowest BCUT2D eigenvalue weighted by Crippen LogP contribution is -2.25. The van der Waals surface area contributed by atoms with Crippen LogP contribution < -0.4 is 5.32 Å². The zero-order valence-electron chi connectivity index (χ0n) is 10.0. The molecule has 1 amide bonds. The van der Waals surface area contributed by atoms with E-state index in [-0.39, 0.29) is 6.09 Å². The van der Waals surface area contributed by atoms with Gasteiger partial charge in [-0.1, -0.05) is 6.07 Å². The zero-order chi connectivity index (χ0) is 12.3. The van der Waals surface area contributed by atoms with Crippen molar-refractivity contribution in [2.75, 3.05) is 13.7 Å². The number of aromatic nitrogens is 1. The van der Waals surface area contributed by atoms with E-state index in [2.05, 4.69) is 39.3 Å². The molecule has 1 aromatic heterocycles. The Kier molecular flexibility index (Phi) is 3.32. The van der Waals surface area contributed by atoms with Crippen LogP contribution in [-0.4, -0.2) is 24.7 Å². The number of fused-ring (bicyclic) bond motifs is 1. The first-order valence-electron chi connectivity index (χ1n) is 5.59. The van der Waals surface area contributed by atoms with Crippen LogP contribution in [0, 0.1) is 6.92 Å². The third-order valence-corrected chi connectivity index (χ3v) is 2.69. The lowest BCUT2D eigenvalue weighted by atomic mass is 10.1. The summed E-state index contributed by atoms with van der Waals surface area (Å²) in [6.07, 6.45) is 0.415. The highest BCUT2D eigenvalue weighted by Gasteiger charge is 2.01. The third-order valence-electron chi connectivity index (χ3n) is 2.69. The fourth-order valence-corrected chi connectivity index (χ4v) is 1.86. The van der Waals surface area contributed by atoms with Crippen molar-refractivity contribution < 1.29 is 9.53 Å². The van der Waals surface area contributed by atoms with E-state index in [0.29, 0.717) is 6.54 Å². The number of carbonyl (C=O) groups excluding carboxylic acids is 1. The van der Waals surface area contributed by atoms with Crippen LogP contribution >= 0.6 is 0 Å². The molecule has 17 heavy (non-hydrogen) atoms. The number of aryl methyl sites for hydroxylation is 1. The number of H-pyrrole nitrogens is 1. The molecule has 4 heteroatoms. The van der Waals surface area contributed by atoms with Crippen molar-refractivity contribution in [3.05, 3.63) is 35.5 Å². The number of carbonyl (C=O) groups is 1. The number of alkyl carbamates (subject to hydrolysis) is 1. The minimum atomic E-state index is -0.386. The molecule has 1 heterocycles. The second-order valence-electron chi connectivity index (χ2n) is 4.04. The molecule has 0 unspecified atom stereocenters. The number of hydrogen-bond acceptors (Lipinski definition) is 2. The molecule has 0 aliphatic heterocycles. The molecule has 4 nitrogen and oxygen atoms in total. The number of ether oxygens (including phenoxy) is 1. The first-order valence-corrected chi connectivity index (χ1v) is 5.59. The van der Waals surface area contributed by atoms with E-state index >= 15 is 0 Å². The lowest BCUT2D eigenvalue weighted by molar-refractivity contribution is 0.171. The van der Waals surface area contributed by atoms with Crippen LogP contribution in [0.1, 0.15) is 11.3 Å². The smallest absolute Gasteiger partial charge is 0.406 e. The van der Waals surface area contributed by atoms with Crippen molar-refractivity contribution in [2.45, 2.75) is 13.3 Å². The van der Waals surface area contributed by atoms with Gasteiger partial charge >= 0.3 is 6.09 Å². The molecule has 2 rings (SSSR count). The molecule has 2 N–H and O–H groups in total. The first kappa shape index (κ1) is 11.5. The Balaban J connectivity index is 2.01. The molecule has 0 aliphatic carbocycles. The standard InChI is InChI=1S/C13H16N2O2/c1-9-7-11-8-10(3-4-12(11)15-9)5-6-14-13(16)17-2/h3-4,7-8,15H,5-6H2,1-2H3,(H,14,16). The highest BCUT2D eigenvalue weighted by Crippen LogP contribution is 2.16. The van der Waals surface area contributed by atoms with Crippen LogP contribution in [0.15, 0.2) is 24.3 Å².